The van der Waals surface area contributed by atoms with E-state index in [-0.39, 0.29) is 6.04 Å². The first kappa shape index (κ1) is 12.5. The number of hydrogen-bond donors (Lipinski definition) is 3. The van der Waals surface area contributed by atoms with Gasteiger partial charge in [-0.05, 0) is 39.8 Å². The van der Waals surface area contributed by atoms with E-state index in [0.29, 0.717) is 12.8 Å². The summed E-state index contributed by atoms with van der Waals surface area (Å²) >= 11 is 0. The predicted molar refractivity (Wildman–Crippen MR) is 66.7 cm³/mol. The summed E-state index contributed by atoms with van der Waals surface area (Å²) in [6.45, 7) is 5.59. The van der Waals surface area contributed by atoms with Gasteiger partial charge in [0.1, 0.15) is 0 Å². The molecular formula is C12H22N4O. The maximum absolute atomic E-state index is 10.6. The van der Waals surface area contributed by atoms with E-state index < -0.39 is 5.60 Å². The lowest BCUT2D eigenvalue weighted by Crippen LogP contribution is -2.49. The van der Waals surface area contributed by atoms with Crippen LogP contribution in [0.15, 0.2) is 0 Å². The topological polar surface area (TPSA) is 76.1 Å². The number of aliphatic hydroxyl groups is 1. The minimum Gasteiger partial charge on any atom is -0.388 e. The number of nitrogens with zero attached hydrogens (tertiary/aromatic N) is 2. The Kier molecular flexibility index (Phi) is 3.25. The van der Waals surface area contributed by atoms with E-state index in [1.165, 1.54) is 0 Å². The molecule has 4 N–H and O–H groups in total. The monoisotopic (exact) mass is 238 g/mol. The van der Waals surface area contributed by atoms with Crippen molar-refractivity contribution in [1.29, 1.82) is 0 Å². The lowest BCUT2D eigenvalue weighted by atomic mass is 9.81. The molecule has 1 aliphatic heterocycles. The molecule has 5 heteroatoms. The van der Waals surface area contributed by atoms with Gasteiger partial charge in [0, 0.05) is 18.3 Å². The molecule has 1 aliphatic rings. The molecule has 0 aliphatic carbocycles. The molecule has 2 heterocycles. The molecule has 1 aromatic heterocycles. The van der Waals surface area contributed by atoms with E-state index in [9.17, 15) is 5.11 Å². The number of hydrogen-bond acceptors (Lipinski definition) is 4. The van der Waals surface area contributed by atoms with E-state index in [4.69, 9.17) is 5.73 Å². The molecule has 1 fully saturated rings. The Morgan fingerprint density at radius 1 is 1.41 bits per heavy atom. The SMILES string of the molecule is Cc1nn(C)c(C)c1C(N)C1(O)CCNCC1. The second-order valence-corrected chi connectivity index (χ2v) is 5.04. The third kappa shape index (κ3) is 2.10. The van der Waals surface area contributed by atoms with Crippen LogP contribution in [0.5, 0.6) is 0 Å². The van der Waals surface area contributed by atoms with Crippen LogP contribution in [0.3, 0.4) is 0 Å². The number of rotatable bonds is 2. The third-order valence-electron chi connectivity index (χ3n) is 3.92. The minimum absolute atomic E-state index is 0.349. The molecule has 0 radical (unpaired) electrons. The van der Waals surface area contributed by atoms with Gasteiger partial charge in [-0.15, -0.1) is 0 Å². The molecule has 0 amide bonds. The van der Waals surface area contributed by atoms with Crippen LogP contribution in [-0.2, 0) is 7.05 Å². The van der Waals surface area contributed by atoms with Crippen LogP contribution in [0.4, 0.5) is 0 Å². The van der Waals surface area contributed by atoms with Crippen molar-refractivity contribution in [1.82, 2.24) is 15.1 Å². The summed E-state index contributed by atoms with van der Waals surface area (Å²) in [5, 5.41) is 18.3. The Bertz CT molecular complexity index is 407. The van der Waals surface area contributed by atoms with Crippen LogP contribution in [0.25, 0.3) is 0 Å². The van der Waals surface area contributed by atoms with Crippen LogP contribution in [0.1, 0.15) is 35.8 Å². The fraction of sp³-hybridized carbons (Fsp3) is 0.750. The highest BCUT2D eigenvalue weighted by Gasteiger charge is 2.38. The van der Waals surface area contributed by atoms with Crippen LogP contribution in [-0.4, -0.2) is 33.6 Å². The smallest absolute Gasteiger partial charge is 0.0865 e. The van der Waals surface area contributed by atoms with Crippen molar-refractivity contribution in [3.8, 4) is 0 Å². The molecule has 0 saturated carbocycles. The quantitative estimate of drug-likeness (QED) is 0.685. The van der Waals surface area contributed by atoms with Crippen molar-refractivity contribution >= 4 is 0 Å². The second kappa shape index (κ2) is 4.40. The van der Waals surface area contributed by atoms with Crippen molar-refractivity contribution in [2.75, 3.05) is 13.1 Å². The highest BCUT2D eigenvalue weighted by atomic mass is 16.3. The summed E-state index contributed by atoms with van der Waals surface area (Å²) in [5.74, 6) is 0. The number of nitrogens with one attached hydrogen (secondary N) is 1. The standard InChI is InChI=1S/C12H22N4O/c1-8-10(9(2)16(3)15-8)11(13)12(17)4-6-14-7-5-12/h11,14,17H,4-7,13H2,1-3H3. The van der Waals surface area contributed by atoms with E-state index in [1.807, 2.05) is 25.6 Å². The predicted octanol–water partition coefficient (Wildman–Crippen LogP) is 0.151. The molecule has 1 aromatic rings. The second-order valence-electron chi connectivity index (χ2n) is 5.04. The Labute approximate surface area is 102 Å². The Balaban J connectivity index is 2.32. The summed E-state index contributed by atoms with van der Waals surface area (Å²) in [4.78, 5) is 0. The van der Waals surface area contributed by atoms with Gasteiger partial charge in [-0.2, -0.15) is 5.10 Å². The van der Waals surface area contributed by atoms with Crippen LogP contribution in [0, 0.1) is 13.8 Å². The first-order chi connectivity index (χ1) is 7.96. The maximum atomic E-state index is 10.6. The highest BCUT2D eigenvalue weighted by molar-refractivity contribution is 5.30. The Hall–Kier alpha value is -0.910. The molecule has 0 spiro atoms. The molecule has 0 aromatic carbocycles. The fourth-order valence-corrected chi connectivity index (χ4v) is 2.68. The van der Waals surface area contributed by atoms with Gasteiger partial charge in [-0.1, -0.05) is 0 Å². The lowest BCUT2D eigenvalue weighted by Gasteiger charge is -2.37. The fourth-order valence-electron chi connectivity index (χ4n) is 2.68. The molecule has 1 atom stereocenters. The Morgan fingerprint density at radius 2 is 2.00 bits per heavy atom. The Morgan fingerprint density at radius 3 is 2.47 bits per heavy atom. The van der Waals surface area contributed by atoms with Crippen molar-refractivity contribution < 1.29 is 5.11 Å². The first-order valence-corrected chi connectivity index (χ1v) is 6.14. The summed E-state index contributed by atoms with van der Waals surface area (Å²) in [6, 6.07) is -0.349. The van der Waals surface area contributed by atoms with E-state index >= 15 is 0 Å². The summed E-state index contributed by atoms with van der Waals surface area (Å²) < 4.78 is 1.83. The van der Waals surface area contributed by atoms with E-state index in [2.05, 4.69) is 10.4 Å². The van der Waals surface area contributed by atoms with Crippen LogP contribution < -0.4 is 11.1 Å². The van der Waals surface area contributed by atoms with Gasteiger partial charge in [0.05, 0.1) is 17.3 Å². The van der Waals surface area contributed by atoms with Gasteiger partial charge in [-0.25, -0.2) is 0 Å². The molecule has 96 valence electrons. The van der Waals surface area contributed by atoms with Gasteiger partial charge in [-0.3, -0.25) is 4.68 Å². The third-order valence-corrected chi connectivity index (χ3v) is 3.92. The summed E-state index contributed by atoms with van der Waals surface area (Å²) in [6.07, 6.45) is 1.39. The average Bonchev–Trinajstić information content (AvgIpc) is 2.53. The van der Waals surface area contributed by atoms with Crippen LogP contribution in [0.2, 0.25) is 0 Å². The largest absolute Gasteiger partial charge is 0.388 e. The normalized spacial score (nSPS) is 21.5. The van der Waals surface area contributed by atoms with Gasteiger partial charge in [0.25, 0.3) is 0 Å². The molecule has 1 saturated heterocycles. The molecule has 5 nitrogen and oxygen atoms in total. The van der Waals surface area contributed by atoms with Crippen molar-refractivity contribution in [3.05, 3.63) is 17.0 Å². The summed E-state index contributed by atoms with van der Waals surface area (Å²) in [7, 11) is 1.91. The van der Waals surface area contributed by atoms with Crippen molar-refractivity contribution in [2.45, 2.75) is 38.3 Å². The molecule has 2 rings (SSSR count). The van der Waals surface area contributed by atoms with Crippen molar-refractivity contribution in [2.24, 2.45) is 12.8 Å². The zero-order valence-corrected chi connectivity index (χ0v) is 10.8. The van der Waals surface area contributed by atoms with Gasteiger partial charge in [0.2, 0.25) is 0 Å². The van der Waals surface area contributed by atoms with Crippen molar-refractivity contribution in [3.63, 3.8) is 0 Å². The van der Waals surface area contributed by atoms with Gasteiger partial charge >= 0.3 is 0 Å². The molecule has 0 bridgehead atoms. The van der Waals surface area contributed by atoms with E-state index in [0.717, 1.165) is 30.0 Å². The molecule has 1 unspecified atom stereocenters. The summed E-state index contributed by atoms with van der Waals surface area (Å²) in [5.41, 5.74) is 8.45. The first-order valence-electron chi connectivity index (χ1n) is 6.14. The number of nitrogens with two attached hydrogens (primary N) is 1. The minimum atomic E-state index is -0.802. The highest BCUT2D eigenvalue weighted by Crippen LogP contribution is 2.34. The average molecular weight is 238 g/mol. The number of aromatic nitrogens is 2. The zero-order valence-electron chi connectivity index (χ0n) is 10.8. The number of piperidine rings is 1. The van der Waals surface area contributed by atoms with Gasteiger partial charge < -0.3 is 16.2 Å². The van der Waals surface area contributed by atoms with E-state index in [1.54, 1.807) is 0 Å². The van der Waals surface area contributed by atoms with Crippen LogP contribution >= 0.6 is 0 Å². The molecular weight excluding hydrogens is 216 g/mol. The molecule has 17 heavy (non-hydrogen) atoms. The number of aryl methyl sites for hydroxylation is 2. The zero-order chi connectivity index (χ0) is 12.6. The lowest BCUT2D eigenvalue weighted by molar-refractivity contribution is -0.0146. The maximum Gasteiger partial charge on any atom is 0.0865 e. The van der Waals surface area contributed by atoms with Gasteiger partial charge in [0.15, 0.2) is 0 Å².